The van der Waals surface area contributed by atoms with Crippen LogP contribution in [0, 0.1) is 17.7 Å². The second-order valence-electron chi connectivity index (χ2n) is 5.99. The first-order valence-corrected chi connectivity index (χ1v) is 7.61. The topological polar surface area (TPSA) is 12.0 Å². The van der Waals surface area contributed by atoms with E-state index in [1.54, 1.807) is 12.1 Å². The summed E-state index contributed by atoms with van der Waals surface area (Å²) < 4.78 is 13.1. The summed E-state index contributed by atoms with van der Waals surface area (Å²) in [6.07, 6.45) is 5.13. The highest BCUT2D eigenvalue weighted by Crippen LogP contribution is 2.30. The van der Waals surface area contributed by atoms with E-state index in [0.29, 0.717) is 6.04 Å². The molecule has 0 aromatic heterocycles. The second-order valence-corrected chi connectivity index (χ2v) is 6.39. The number of hydrogen-bond donors (Lipinski definition) is 1. The van der Waals surface area contributed by atoms with Crippen LogP contribution in [0.15, 0.2) is 18.2 Å². The smallest absolute Gasteiger partial charge is 0.141 e. The number of halogens is 2. The molecule has 0 radical (unpaired) electrons. The van der Waals surface area contributed by atoms with Gasteiger partial charge in [-0.05, 0) is 55.2 Å². The molecule has 0 saturated heterocycles. The van der Waals surface area contributed by atoms with Crippen molar-refractivity contribution in [1.29, 1.82) is 0 Å². The van der Waals surface area contributed by atoms with Crippen LogP contribution in [0.3, 0.4) is 0 Å². The second kappa shape index (κ2) is 6.71. The molecule has 0 aliphatic heterocycles. The molecule has 0 bridgehead atoms. The van der Waals surface area contributed by atoms with Crippen molar-refractivity contribution in [2.24, 2.45) is 11.8 Å². The number of benzene rings is 1. The van der Waals surface area contributed by atoms with E-state index >= 15 is 0 Å². The maximum absolute atomic E-state index is 13.1. The normalized spacial score (nSPS) is 23.8. The van der Waals surface area contributed by atoms with Crippen molar-refractivity contribution in [3.63, 3.8) is 0 Å². The van der Waals surface area contributed by atoms with Crippen LogP contribution in [-0.2, 0) is 6.54 Å². The quantitative estimate of drug-likeness (QED) is 0.838. The fourth-order valence-corrected chi connectivity index (χ4v) is 3.10. The molecule has 106 valence electrons. The Bertz CT molecular complexity index is 411. The lowest BCUT2D eigenvalue weighted by atomic mass is 9.80. The van der Waals surface area contributed by atoms with E-state index < -0.39 is 0 Å². The van der Waals surface area contributed by atoms with E-state index in [-0.39, 0.29) is 10.8 Å². The molecular formula is C16H23ClFN. The zero-order chi connectivity index (χ0) is 13.8. The first kappa shape index (κ1) is 14.8. The van der Waals surface area contributed by atoms with E-state index in [1.807, 2.05) is 0 Å². The summed E-state index contributed by atoms with van der Waals surface area (Å²) in [5.41, 5.74) is 1.05. The Hall–Kier alpha value is -0.600. The van der Waals surface area contributed by atoms with Crippen LogP contribution in [0.2, 0.25) is 5.02 Å². The Labute approximate surface area is 120 Å². The van der Waals surface area contributed by atoms with Gasteiger partial charge in [0.2, 0.25) is 0 Å². The van der Waals surface area contributed by atoms with Gasteiger partial charge in [0.25, 0.3) is 0 Å². The monoisotopic (exact) mass is 283 g/mol. The average Bonchev–Trinajstić information content (AvgIpc) is 2.40. The van der Waals surface area contributed by atoms with Crippen molar-refractivity contribution in [3.8, 4) is 0 Å². The van der Waals surface area contributed by atoms with Crippen LogP contribution in [0.1, 0.15) is 45.1 Å². The fourth-order valence-electron chi connectivity index (χ4n) is 2.90. The molecule has 3 heteroatoms. The van der Waals surface area contributed by atoms with E-state index in [0.717, 1.165) is 23.9 Å². The summed E-state index contributed by atoms with van der Waals surface area (Å²) in [5, 5.41) is 3.77. The highest BCUT2D eigenvalue weighted by molar-refractivity contribution is 6.30. The van der Waals surface area contributed by atoms with E-state index in [4.69, 9.17) is 11.6 Å². The Kier molecular flexibility index (Phi) is 5.23. The minimum Gasteiger partial charge on any atom is -0.310 e. The molecule has 1 nitrogen and oxygen atoms in total. The van der Waals surface area contributed by atoms with Gasteiger partial charge in [-0.1, -0.05) is 31.5 Å². The molecule has 0 amide bonds. The van der Waals surface area contributed by atoms with Crippen LogP contribution < -0.4 is 5.32 Å². The molecular weight excluding hydrogens is 261 g/mol. The van der Waals surface area contributed by atoms with Crippen LogP contribution in [0.4, 0.5) is 4.39 Å². The van der Waals surface area contributed by atoms with Gasteiger partial charge in [-0.2, -0.15) is 0 Å². The van der Waals surface area contributed by atoms with Gasteiger partial charge in [-0.25, -0.2) is 4.39 Å². The Morgan fingerprint density at radius 3 is 2.53 bits per heavy atom. The summed E-state index contributed by atoms with van der Waals surface area (Å²) in [5.74, 6) is 1.35. The van der Waals surface area contributed by atoms with E-state index in [9.17, 15) is 4.39 Å². The van der Waals surface area contributed by atoms with Gasteiger partial charge in [0.1, 0.15) is 5.82 Å². The molecule has 1 saturated carbocycles. The first-order chi connectivity index (χ1) is 9.06. The number of hydrogen-bond acceptors (Lipinski definition) is 1. The molecule has 1 fully saturated rings. The lowest BCUT2D eigenvalue weighted by molar-refractivity contribution is 0.238. The van der Waals surface area contributed by atoms with E-state index in [1.165, 1.54) is 31.7 Å². The molecule has 1 aromatic carbocycles. The van der Waals surface area contributed by atoms with Crippen molar-refractivity contribution in [2.75, 3.05) is 0 Å². The van der Waals surface area contributed by atoms with Gasteiger partial charge in [0.05, 0.1) is 5.02 Å². The van der Waals surface area contributed by atoms with Gasteiger partial charge in [-0.15, -0.1) is 0 Å². The Balaban J connectivity index is 1.79. The van der Waals surface area contributed by atoms with Gasteiger partial charge >= 0.3 is 0 Å². The van der Waals surface area contributed by atoms with Gasteiger partial charge < -0.3 is 5.32 Å². The highest BCUT2D eigenvalue weighted by Gasteiger charge is 2.22. The SMILES string of the molecule is CC(C)C1CCC(NCc2ccc(F)c(Cl)c2)CC1. The van der Waals surface area contributed by atoms with Gasteiger partial charge in [0, 0.05) is 12.6 Å². The van der Waals surface area contributed by atoms with Gasteiger partial charge in [0.15, 0.2) is 0 Å². The predicted molar refractivity (Wildman–Crippen MR) is 78.8 cm³/mol. The standard InChI is InChI=1S/C16H23ClFN/c1-11(2)13-4-6-14(7-5-13)19-10-12-3-8-16(18)15(17)9-12/h3,8-9,11,13-14,19H,4-7,10H2,1-2H3. The predicted octanol–water partition coefficient (Wildman–Crippen LogP) is 4.78. The lowest BCUT2D eigenvalue weighted by Crippen LogP contribution is -2.33. The maximum atomic E-state index is 13.1. The van der Waals surface area contributed by atoms with Crippen molar-refractivity contribution in [3.05, 3.63) is 34.6 Å². The summed E-state index contributed by atoms with van der Waals surface area (Å²) in [7, 11) is 0. The van der Waals surface area contributed by atoms with Crippen LogP contribution in [-0.4, -0.2) is 6.04 Å². The van der Waals surface area contributed by atoms with Crippen molar-refractivity contribution in [2.45, 2.75) is 52.1 Å². The summed E-state index contributed by atoms with van der Waals surface area (Å²) in [4.78, 5) is 0. The van der Waals surface area contributed by atoms with Crippen molar-refractivity contribution >= 4 is 11.6 Å². The zero-order valence-electron chi connectivity index (χ0n) is 11.8. The zero-order valence-corrected chi connectivity index (χ0v) is 12.5. The maximum Gasteiger partial charge on any atom is 0.141 e. The molecule has 0 atom stereocenters. The summed E-state index contributed by atoms with van der Waals surface area (Å²) in [6.45, 7) is 5.41. The van der Waals surface area contributed by atoms with Crippen LogP contribution >= 0.6 is 11.6 Å². The third kappa shape index (κ3) is 4.19. The molecule has 2 rings (SSSR count). The molecule has 1 aromatic rings. The fraction of sp³-hybridized carbons (Fsp3) is 0.625. The largest absolute Gasteiger partial charge is 0.310 e. The molecule has 19 heavy (non-hydrogen) atoms. The lowest BCUT2D eigenvalue weighted by Gasteiger charge is -2.31. The summed E-state index contributed by atoms with van der Waals surface area (Å²) >= 11 is 5.79. The molecule has 1 aliphatic rings. The third-order valence-corrected chi connectivity index (χ3v) is 4.58. The molecule has 0 spiro atoms. The van der Waals surface area contributed by atoms with Crippen LogP contribution in [0.5, 0.6) is 0 Å². The van der Waals surface area contributed by atoms with Gasteiger partial charge in [-0.3, -0.25) is 0 Å². The Morgan fingerprint density at radius 2 is 1.95 bits per heavy atom. The van der Waals surface area contributed by atoms with E-state index in [2.05, 4.69) is 19.2 Å². The molecule has 1 aliphatic carbocycles. The van der Waals surface area contributed by atoms with Crippen LogP contribution in [0.25, 0.3) is 0 Å². The van der Waals surface area contributed by atoms with Crippen molar-refractivity contribution in [1.82, 2.24) is 5.32 Å². The summed E-state index contributed by atoms with van der Waals surface area (Å²) in [6, 6.07) is 5.55. The molecule has 1 N–H and O–H groups in total. The minimum absolute atomic E-state index is 0.211. The Morgan fingerprint density at radius 1 is 1.26 bits per heavy atom. The highest BCUT2D eigenvalue weighted by atomic mass is 35.5. The molecule has 0 heterocycles. The third-order valence-electron chi connectivity index (χ3n) is 4.29. The molecule has 0 unspecified atom stereocenters. The number of nitrogens with one attached hydrogen (secondary N) is 1. The minimum atomic E-state index is -0.345. The average molecular weight is 284 g/mol. The first-order valence-electron chi connectivity index (χ1n) is 7.23. The number of rotatable bonds is 4. The van der Waals surface area contributed by atoms with Crippen molar-refractivity contribution < 1.29 is 4.39 Å².